The summed E-state index contributed by atoms with van der Waals surface area (Å²) in [5, 5.41) is 20.1. The third kappa shape index (κ3) is 2.64. The summed E-state index contributed by atoms with van der Waals surface area (Å²) in [7, 11) is 0. The van der Waals surface area contributed by atoms with E-state index in [2.05, 4.69) is 19.8 Å². The van der Waals surface area contributed by atoms with E-state index in [4.69, 9.17) is 9.52 Å². The lowest BCUT2D eigenvalue weighted by atomic mass is 10.3. The molecule has 0 bridgehead atoms. The van der Waals surface area contributed by atoms with E-state index in [1.54, 1.807) is 0 Å². The summed E-state index contributed by atoms with van der Waals surface area (Å²) in [4.78, 5) is 11.2. The van der Waals surface area contributed by atoms with Gasteiger partial charge in [0.1, 0.15) is 4.88 Å². The van der Waals surface area contributed by atoms with Gasteiger partial charge < -0.3 is 9.52 Å². The summed E-state index contributed by atoms with van der Waals surface area (Å²) < 4.78 is 9.19. The van der Waals surface area contributed by atoms with Gasteiger partial charge in [-0.1, -0.05) is 11.4 Å². The average Bonchev–Trinajstić information content (AvgIpc) is 2.94. The second kappa shape index (κ2) is 5.00. The molecule has 8 heteroatoms. The van der Waals surface area contributed by atoms with E-state index >= 15 is 0 Å². The fraction of sp³-hybridized carbons (Fsp3) is 0.444. The van der Waals surface area contributed by atoms with Crippen LogP contribution in [0.2, 0.25) is 0 Å². The van der Waals surface area contributed by atoms with Crippen molar-refractivity contribution in [1.82, 2.24) is 19.8 Å². The van der Waals surface area contributed by atoms with Crippen molar-refractivity contribution in [2.45, 2.75) is 26.2 Å². The van der Waals surface area contributed by atoms with E-state index in [9.17, 15) is 4.79 Å². The Morgan fingerprint density at radius 3 is 2.94 bits per heavy atom. The van der Waals surface area contributed by atoms with Crippen LogP contribution in [0.4, 0.5) is 0 Å². The highest BCUT2D eigenvalue weighted by Crippen LogP contribution is 2.25. The lowest BCUT2D eigenvalue weighted by molar-refractivity contribution is -0.137. The maximum atomic E-state index is 10.4. The fourth-order valence-corrected chi connectivity index (χ4v) is 1.93. The summed E-state index contributed by atoms with van der Waals surface area (Å²) in [5.41, 5.74) is 0.809. The number of aromatic nitrogens is 4. The van der Waals surface area contributed by atoms with Crippen LogP contribution >= 0.6 is 11.5 Å². The van der Waals surface area contributed by atoms with Crippen molar-refractivity contribution in [3.05, 3.63) is 11.6 Å². The number of nitrogens with zero attached hydrogens (tertiary/aromatic N) is 4. The van der Waals surface area contributed by atoms with Crippen LogP contribution in [0.5, 0.6) is 0 Å². The van der Waals surface area contributed by atoms with Crippen LogP contribution in [0.25, 0.3) is 10.8 Å². The monoisotopic (exact) mass is 254 g/mol. The highest BCUT2D eigenvalue weighted by Gasteiger charge is 2.16. The van der Waals surface area contributed by atoms with Gasteiger partial charge in [0.2, 0.25) is 5.89 Å². The Labute approximate surface area is 101 Å². The van der Waals surface area contributed by atoms with Crippen molar-refractivity contribution in [1.29, 1.82) is 0 Å². The van der Waals surface area contributed by atoms with Gasteiger partial charge in [0, 0.05) is 6.42 Å². The van der Waals surface area contributed by atoms with E-state index in [-0.39, 0.29) is 12.8 Å². The SMILES string of the molecule is CCc1nnsc1-c1nnc(CCC(=O)O)o1. The van der Waals surface area contributed by atoms with Gasteiger partial charge in [0.25, 0.3) is 5.89 Å². The van der Waals surface area contributed by atoms with Gasteiger partial charge in [0.15, 0.2) is 0 Å². The van der Waals surface area contributed by atoms with Crippen LogP contribution in [0.3, 0.4) is 0 Å². The Morgan fingerprint density at radius 2 is 2.24 bits per heavy atom. The first-order chi connectivity index (χ1) is 8.20. The summed E-state index contributed by atoms with van der Waals surface area (Å²) in [6, 6.07) is 0. The Bertz CT molecular complexity index is 522. The number of carboxylic acids is 1. The van der Waals surface area contributed by atoms with Gasteiger partial charge in [-0.25, -0.2) is 0 Å². The highest BCUT2D eigenvalue weighted by molar-refractivity contribution is 7.09. The number of hydrogen-bond donors (Lipinski definition) is 1. The molecule has 0 radical (unpaired) electrons. The maximum Gasteiger partial charge on any atom is 0.303 e. The molecule has 90 valence electrons. The molecule has 1 N–H and O–H groups in total. The molecule has 0 atom stereocenters. The number of carbonyl (C=O) groups is 1. The smallest absolute Gasteiger partial charge is 0.303 e. The zero-order valence-electron chi connectivity index (χ0n) is 9.08. The number of hydrogen-bond acceptors (Lipinski definition) is 7. The minimum Gasteiger partial charge on any atom is -0.481 e. The molecule has 0 saturated heterocycles. The zero-order valence-corrected chi connectivity index (χ0v) is 9.90. The lowest BCUT2D eigenvalue weighted by Gasteiger charge is -1.91. The third-order valence-electron chi connectivity index (χ3n) is 2.10. The number of aliphatic carboxylic acids is 1. The Morgan fingerprint density at radius 1 is 1.41 bits per heavy atom. The van der Waals surface area contributed by atoms with Gasteiger partial charge in [0.05, 0.1) is 12.1 Å². The molecule has 0 aromatic carbocycles. The van der Waals surface area contributed by atoms with E-state index in [0.717, 1.165) is 17.0 Å². The molecule has 17 heavy (non-hydrogen) atoms. The fourth-order valence-electron chi connectivity index (χ4n) is 1.26. The van der Waals surface area contributed by atoms with Crippen molar-refractivity contribution in [2.75, 3.05) is 0 Å². The van der Waals surface area contributed by atoms with Crippen LogP contribution in [0.1, 0.15) is 24.9 Å². The molecule has 0 unspecified atom stereocenters. The first-order valence-corrected chi connectivity index (χ1v) is 5.83. The summed E-state index contributed by atoms with van der Waals surface area (Å²) in [6.07, 6.45) is 0.942. The van der Waals surface area contributed by atoms with Crippen LogP contribution in [-0.4, -0.2) is 30.9 Å². The van der Waals surface area contributed by atoms with Gasteiger partial charge >= 0.3 is 5.97 Å². The summed E-state index contributed by atoms with van der Waals surface area (Å²) in [6.45, 7) is 1.96. The number of rotatable bonds is 5. The molecule has 2 aromatic rings. The second-order valence-electron chi connectivity index (χ2n) is 3.30. The summed E-state index contributed by atoms with van der Waals surface area (Å²) in [5.74, 6) is -0.214. The van der Waals surface area contributed by atoms with Crippen molar-refractivity contribution < 1.29 is 14.3 Å². The van der Waals surface area contributed by atoms with Crippen LogP contribution < -0.4 is 0 Å². The van der Waals surface area contributed by atoms with Gasteiger partial charge in [-0.2, -0.15) is 0 Å². The predicted molar refractivity (Wildman–Crippen MR) is 58.5 cm³/mol. The standard InChI is InChI=1S/C9H10N4O3S/c1-2-5-8(17-13-10-5)9-12-11-6(16-9)3-4-7(14)15/h2-4H2,1H3,(H,14,15). The molecule has 2 rings (SSSR count). The van der Waals surface area contributed by atoms with E-state index in [1.165, 1.54) is 11.5 Å². The predicted octanol–water partition coefficient (Wildman–Crippen LogP) is 1.17. The van der Waals surface area contributed by atoms with E-state index < -0.39 is 5.97 Å². The third-order valence-corrected chi connectivity index (χ3v) is 2.86. The minimum atomic E-state index is -0.890. The number of carboxylic acid groups (broad SMARTS) is 1. The molecule has 0 saturated carbocycles. The Balaban J connectivity index is 2.15. The Hall–Kier alpha value is -1.83. The molecule has 0 fully saturated rings. The summed E-state index contributed by atoms with van der Waals surface area (Å²) >= 11 is 1.19. The molecule has 0 spiro atoms. The van der Waals surface area contributed by atoms with E-state index in [1.807, 2.05) is 6.92 Å². The first-order valence-electron chi connectivity index (χ1n) is 5.06. The van der Waals surface area contributed by atoms with Crippen LogP contribution in [0.15, 0.2) is 4.42 Å². The second-order valence-corrected chi connectivity index (χ2v) is 4.05. The number of aryl methyl sites for hydroxylation is 2. The largest absolute Gasteiger partial charge is 0.481 e. The van der Waals surface area contributed by atoms with Crippen molar-refractivity contribution in [3.63, 3.8) is 0 Å². The highest BCUT2D eigenvalue weighted by atomic mass is 32.1. The van der Waals surface area contributed by atoms with Gasteiger partial charge in [-0.05, 0) is 18.0 Å². The molecular formula is C9H10N4O3S. The van der Waals surface area contributed by atoms with Crippen LogP contribution in [0, 0.1) is 0 Å². The molecule has 0 aliphatic carbocycles. The lowest BCUT2D eigenvalue weighted by Crippen LogP contribution is -1.97. The molecule has 0 aliphatic heterocycles. The molecule has 7 nitrogen and oxygen atoms in total. The molecular weight excluding hydrogens is 244 g/mol. The molecule has 2 aromatic heterocycles. The van der Waals surface area contributed by atoms with Crippen molar-refractivity contribution >= 4 is 17.5 Å². The molecule has 2 heterocycles. The normalized spacial score (nSPS) is 10.6. The van der Waals surface area contributed by atoms with Gasteiger partial charge in [-0.3, -0.25) is 4.79 Å². The van der Waals surface area contributed by atoms with Crippen molar-refractivity contribution in [2.24, 2.45) is 0 Å². The zero-order chi connectivity index (χ0) is 12.3. The topological polar surface area (TPSA) is 102 Å². The molecule has 0 amide bonds. The quantitative estimate of drug-likeness (QED) is 0.854. The maximum absolute atomic E-state index is 10.4. The van der Waals surface area contributed by atoms with Crippen molar-refractivity contribution in [3.8, 4) is 10.8 Å². The Kier molecular flexibility index (Phi) is 3.43. The van der Waals surface area contributed by atoms with E-state index in [0.29, 0.717) is 11.8 Å². The minimum absolute atomic E-state index is 0.0246. The molecule has 0 aliphatic rings. The first kappa shape index (κ1) is 11.6. The average molecular weight is 254 g/mol. The van der Waals surface area contributed by atoms with Crippen LogP contribution in [-0.2, 0) is 17.6 Å². The van der Waals surface area contributed by atoms with Gasteiger partial charge in [-0.15, -0.1) is 15.3 Å².